The first-order valence-corrected chi connectivity index (χ1v) is 10.2. The van der Waals surface area contributed by atoms with Gasteiger partial charge in [0.25, 0.3) is 5.91 Å². The predicted molar refractivity (Wildman–Crippen MR) is 111 cm³/mol. The van der Waals surface area contributed by atoms with Gasteiger partial charge in [-0.3, -0.25) is 9.59 Å². The minimum atomic E-state index is -0.665. The van der Waals surface area contributed by atoms with E-state index in [9.17, 15) is 9.59 Å². The maximum absolute atomic E-state index is 12.7. The summed E-state index contributed by atoms with van der Waals surface area (Å²) in [4.78, 5) is 25.2. The summed E-state index contributed by atoms with van der Waals surface area (Å²) < 4.78 is 0. The van der Waals surface area contributed by atoms with Crippen molar-refractivity contribution >= 4 is 52.5 Å². The maximum atomic E-state index is 12.7. The van der Waals surface area contributed by atoms with Crippen LogP contribution in [0.1, 0.15) is 22.3 Å². The number of carbonyl (C=O) groups excluding carboxylic acids is 2. The molecule has 138 valence electrons. The number of thioether (sulfide) groups is 1. The van der Waals surface area contributed by atoms with Gasteiger partial charge in [-0.1, -0.05) is 35.3 Å². The van der Waals surface area contributed by atoms with Gasteiger partial charge >= 0.3 is 0 Å². The Morgan fingerprint density at radius 1 is 1.15 bits per heavy atom. The van der Waals surface area contributed by atoms with Crippen LogP contribution in [0.25, 0.3) is 0 Å². The van der Waals surface area contributed by atoms with Crippen molar-refractivity contribution in [1.29, 1.82) is 0 Å². The summed E-state index contributed by atoms with van der Waals surface area (Å²) in [6.07, 6.45) is 2.46. The van der Waals surface area contributed by atoms with Crippen LogP contribution < -0.4 is 10.6 Å². The van der Waals surface area contributed by atoms with Gasteiger partial charge < -0.3 is 10.6 Å². The van der Waals surface area contributed by atoms with Crippen molar-refractivity contribution in [3.05, 3.63) is 63.6 Å². The lowest BCUT2D eigenvalue weighted by atomic mass is 10.1. The molecular formula is C19H20Cl2N2O2S. The molecule has 2 aromatic rings. The number of amides is 2. The molecule has 1 atom stereocenters. The molecule has 0 aromatic heterocycles. The number of benzene rings is 2. The number of halogens is 2. The van der Waals surface area contributed by atoms with Gasteiger partial charge in [0.05, 0.1) is 10.6 Å². The molecule has 0 aliphatic rings. The zero-order valence-electron chi connectivity index (χ0n) is 14.5. The topological polar surface area (TPSA) is 58.2 Å². The molecule has 0 aliphatic heterocycles. The summed E-state index contributed by atoms with van der Waals surface area (Å²) in [6, 6.07) is 11.3. The Balaban J connectivity index is 2.14. The van der Waals surface area contributed by atoms with Crippen molar-refractivity contribution < 1.29 is 9.59 Å². The van der Waals surface area contributed by atoms with E-state index in [4.69, 9.17) is 23.2 Å². The van der Waals surface area contributed by atoms with Crippen LogP contribution in [0.4, 0.5) is 5.69 Å². The highest BCUT2D eigenvalue weighted by Gasteiger charge is 2.22. The second-order valence-electron chi connectivity index (χ2n) is 5.74. The van der Waals surface area contributed by atoms with Crippen molar-refractivity contribution in [2.24, 2.45) is 0 Å². The monoisotopic (exact) mass is 410 g/mol. The van der Waals surface area contributed by atoms with Crippen LogP contribution in [-0.2, 0) is 4.79 Å². The van der Waals surface area contributed by atoms with E-state index >= 15 is 0 Å². The van der Waals surface area contributed by atoms with E-state index < -0.39 is 6.04 Å². The smallest absolute Gasteiger partial charge is 0.253 e. The molecular weight excluding hydrogens is 391 g/mol. The van der Waals surface area contributed by atoms with Gasteiger partial charge in [-0.05, 0) is 61.2 Å². The van der Waals surface area contributed by atoms with Gasteiger partial charge in [-0.15, -0.1) is 0 Å². The number of hydrogen-bond donors (Lipinski definition) is 2. The standard InChI is InChI=1S/C19H20Cl2N2O2S/c1-12-11-13(20)7-8-16(12)22-19(25)17(9-10-26-2)23-18(24)14-5-3-4-6-15(14)21/h3-8,11,17H,9-10H2,1-2H3,(H,22,25)(H,23,24). The first kappa shape index (κ1) is 20.6. The van der Waals surface area contributed by atoms with Gasteiger partial charge in [0.1, 0.15) is 6.04 Å². The molecule has 2 amide bonds. The van der Waals surface area contributed by atoms with E-state index in [-0.39, 0.29) is 11.8 Å². The van der Waals surface area contributed by atoms with Gasteiger partial charge in [-0.25, -0.2) is 0 Å². The number of anilines is 1. The lowest BCUT2D eigenvalue weighted by Crippen LogP contribution is -2.44. The molecule has 0 heterocycles. The Labute approximate surface area is 167 Å². The highest BCUT2D eigenvalue weighted by Crippen LogP contribution is 2.20. The summed E-state index contributed by atoms with van der Waals surface area (Å²) in [5.74, 6) is 0.0927. The SMILES string of the molecule is CSCCC(NC(=O)c1ccccc1Cl)C(=O)Nc1ccc(Cl)cc1C. The molecule has 0 saturated carbocycles. The Morgan fingerprint density at radius 3 is 2.54 bits per heavy atom. The minimum absolute atomic E-state index is 0.273. The van der Waals surface area contributed by atoms with Crippen LogP contribution in [0.2, 0.25) is 10.0 Å². The first-order chi connectivity index (χ1) is 12.4. The quantitative estimate of drug-likeness (QED) is 0.689. The van der Waals surface area contributed by atoms with E-state index in [0.717, 1.165) is 11.3 Å². The molecule has 0 bridgehead atoms. The summed E-state index contributed by atoms with van der Waals surface area (Å²) in [6.45, 7) is 1.86. The van der Waals surface area contributed by atoms with Gasteiger partial charge in [0.2, 0.25) is 5.91 Å². The summed E-state index contributed by atoms with van der Waals surface area (Å²) >= 11 is 13.6. The lowest BCUT2D eigenvalue weighted by molar-refractivity contribution is -0.118. The molecule has 0 radical (unpaired) electrons. The van der Waals surface area contributed by atoms with Crippen molar-refractivity contribution in [3.63, 3.8) is 0 Å². The minimum Gasteiger partial charge on any atom is -0.340 e. The molecule has 26 heavy (non-hydrogen) atoms. The van der Waals surface area contributed by atoms with Crippen molar-refractivity contribution in [3.8, 4) is 0 Å². The lowest BCUT2D eigenvalue weighted by Gasteiger charge is -2.19. The van der Waals surface area contributed by atoms with Crippen LogP contribution in [0.5, 0.6) is 0 Å². The second kappa shape index (κ2) is 9.86. The third-order valence-electron chi connectivity index (χ3n) is 3.80. The van der Waals surface area contributed by atoms with Gasteiger partial charge in [0.15, 0.2) is 0 Å². The zero-order valence-corrected chi connectivity index (χ0v) is 16.8. The van der Waals surface area contributed by atoms with E-state index in [0.29, 0.717) is 27.7 Å². The summed E-state index contributed by atoms with van der Waals surface area (Å²) in [5, 5.41) is 6.60. The number of carbonyl (C=O) groups is 2. The molecule has 2 rings (SSSR count). The van der Waals surface area contributed by atoms with Crippen LogP contribution in [-0.4, -0.2) is 29.9 Å². The molecule has 0 aliphatic carbocycles. The molecule has 2 aromatic carbocycles. The molecule has 7 heteroatoms. The second-order valence-corrected chi connectivity index (χ2v) is 7.57. The third kappa shape index (κ3) is 5.66. The number of rotatable bonds is 7. The van der Waals surface area contributed by atoms with E-state index in [1.54, 1.807) is 54.2 Å². The van der Waals surface area contributed by atoms with Crippen LogP contribution >= 0.6 is 35.0 Å². The number of hydrogen-bond acceptors (Lipinski definition) is 3. The fourth-order valence-electron chi connectivity index (χ4n) is 2.37. The average molecular weight is 411 g/mol. The van der Waals surface area contributed by atoms with Crippen molar-refractivity contribution in [1.82, 2.24) is 5.32 Å². The van der Waals surface area contributed by atoms with Crippen molar-refractivity contribution in [2.75, 3.05) is 17.3 Å². The largest absolute Gasteiger partial charge is 0.340 e. The first-order valence-electron chi connectivity index (χ1n) is 8.03. The van der Waals surface area contributed by atoms with Gasteiger partial charge in [0, 0.05) is 10.7 Å². The Hall–Kier alpha value is -1.69. The molecule has 0 saturated heterocycles. The third-order valence-corrected chi connectivity index (χ3v) is 5.01. The Bertz CT molecular complexity index is 799. The molecule has 0 fully saturated rings. The normalized spacial score (nSPS) is 11.7. The Kier molecular flexibility index (Phi) is 7.82. The fourth-order valence-corrected chi connectivity index (χ4v) is 3.29. The highest BCUT2D eigenvalue weighted by atomic mass is 35.5. The molecule has 0 spiro atoms. The molecule has 2 N–H and O–H groups in total. The van der Waals surface area contributed by atoms with Gasteiger partial charge in [-0.2, -0.15) is 11.8 Å². The van der Waals surface area contributed by atoms with Crippen LogP contribution in [0, 0.1) is 6.92 Å². The fraction of sp³-hybridized carbons (Fsp3) is 0.263. The highest BCUT2D eigenvalue weighted by molar-refractivity contribution is 7.98. The summed E-state index contributed by atoms with van der Waals surface area (Å²) in [7, 11) is 0. The summed E-state index contributed by atoms with van der Waals surface area (Å²) in [5.41, 5.74) is 1.87. The van der Waals surface area contributed by atoms with E-state index in [1.807, 2.05) is 13.2 Å². The number of aryl methyl sites for hydroxylation is 1. The average Bonchev–Trinajstić information content (AvgIpc) is 2.61. The van der Waals surface area contributed by atoms with Crippen molar-refractivity contribution in [2.45, 2.75) is 19.4 Å². The maximum Gasteiger partial charge on any atom is 0.253 e. The molecule has 4 nitrogen and oxygen atoms in total. The van der Waals surface area contributed by atoms with Crippen LogP contribution in [0.3, 0.4) is 0 Å². The van der Waals surface area contributed by atoms with E-state index in [2.05, 4.69) is 10.6 Å². The number of nitrogens with one attached hydrogen (secondary N) is 2. The van der Waals surface area contributed by atoms with E-state index in [1.165, 1.54) is 0 Å². The zero-order chi connectivity index (χ0) is 19.1. The van der Waals surface area contributed by atoms with Crippen LogP contribution in [0.15, 0.2) is 42.5 Å². The predicted octanol–water partition coefficient (Wildman–Crippen LogP) is 4.79. The molecule has 1 unspecified atom stereocenters. The Morgan fingerprint density at radius 2 is 1.88 bits per heavy atom.